The summed E-state index contributed by atoms with van der Waals surface area (Å²) in [6, 6.07) is 4.94. The second-order valence-electron chi connectivity index (χ2n) is 8.70. The largest absolute Gasteiger partial charge is 0.504 e. The van der Waals surface area contributed by atoms with Crippen molar-refractivity contribution in [1.29, 1.82) is 0 Å². The van der Waals surface area contributed by atoms with Gasteiger partial charge in [0.1, 0.15) is 12.7 Å². The van der Waals surface area contributed by atoms with E-state index in [2.05, 4.69) is 0 Å². The zero-order valence-electron chi connectivity index (χ0n) is 21.6. The molecule has 0 aromatic heterocycles. The number of hydrogen-bond donors (Lipinski definition) is 2. The number of phenolic OH excluding ortho intramolecular Hbond substituents is 1. The molecule has 1 saturated heterocycles. The maximum absolute atomic E-state index is 11.9. The van der Waals surface area contributed by atoms with Crippen LogP contribution >= 0.6 is 0 Å². The van der Waals surface area contributed by atoms with Gasteiger partial charge in [-0.3, -0.25) is 19.2 Å². The average Bonchev–Trinajstić information content (AvgIpc) is 2.80. The van der Waals surface area contributed by atoms with Crippen LogP contribution in [0.3, 0.4) is 0 Å². The number of carbonyl (C=O) groups excluding carboxylic acids is 4. The number of esters is 4. The Labute approximate surface area is 214 Å². The molecule has 37 heavy (non-hydrogen) atoms. The number of unbranched alkanes of at least 4 members (excludes halogenated alkanes) is 1. The Hall–Kier alpha value is -3.38. The summed E-state index contributed by atoms with van der Waals surface area (Å²) in [5.41, 5.74) is 0.878. The molecule has 1 aliphatic rings. The Bertz CT molecular complexity index is 976. The van der Waals surface area contributed by atoms with Gasteiger partial charge in [-0.25, -0.2) is 0 Å². The lowest BCUT2D eigenvalue weighted by atomic mass is 9.88. The summed E-state index contributed by atoms with van der Waals surface area (Å²) in [5, 5.41) is 21.3. The van der Waals surface area contributed by atoms with Gasteiger partial charge in [0.15, 0.2) is 29.8 Å². The van der Waals surface area contributed by atoms with Crippen LogP contribution < -0.4 is 4.74 Å². The van der Waals surface area contributed by atoms with E-state index < -0.39 is 60.7 Å². The van der Waals surface area contributed by atoms with E-state index in [9.17, 15) is 29.4 Å². The van der Waals surface area contributed by atoms with E-state index in [4.69, 9.17) is 28.4 Å². The molecule has 0 bridgehead atoms. The lowest BCUT2D eigenvalue weighted by Gasteiger charge is -2.48. The van der Waals surface area contributed by atoms with E-state index in [1.165, 1.54) is 20.1 Å². The molecule has 1 aromatic rings. The predicted octanol–water partition coefficient (Wildman–Crippen LogP) is 1.56. The van der Waals surface area contributed by atoms with Crippen molar-refractivity contribution in [3.8, 4) is 11.5 Å². The average molecular weight is 527 g/mol. The summed E-state index contributed by atoms with van der Waals surface area (Å²) < 4.78 is 32.0. The molecule has 5 atom stereocenters. The lowest BCUT2D eigenvalue weighted by Crippen LogP contribution is -2.68. The highest BCUT2D eigenvalue weighted by Gasteiger charge is 2.59. The lowest BCUT2D eigenvalue weighted by molar-refractivity contribution is -0.354. The maximum Gasteiger partial charge on any atom is 0.303 e. The van der Waals surface area contributed by atoms with Gasteiger partial charge in [-0.2, -0.15) is 0 Å². The van der Waals surface area contributed by atoms with Crippen LogP contribution in [0.25, 0.3) is 0 Å². The van der Waals surface area contributed by atoms with E-state index in [1.54, 1.807) is 12.1 Å². The maximum atomic E-state index is 11.9. The normalized spacial score (nSPS) is 25.0. The number of rotatable bonds is 11. The van der Waals surface area contributed by atoms with Crippen molar-refractivity contribution in [2.45, 2.75) is 83.6 Å². The topological polar surface area (TPSA) is 164 Å². The minimum absolute atomic E-state index is 0.0121. The van der Waals surface area contributed by atoms with Crippen LogP contribution in [0.15, 0.2) is 18.2 Å². The summed E-state index contributed by atoms with van der Waals surface area (Å²) in [7, 11) is 1.44. The molecule has 0 radical (unpaired) electrons. The molecule has 1 aromatic carbocycles. The Morgan fingerprint density at radius 3 is 2.11 bits per heavy atom. The highest BCUT2D eigenvalue weighted by Crippen LogP contribution is 2.38. The molecule has 0 saturated carbocycles. The van der Waals surface area contributed by atoms with Crippen LogP contribution in [-0.4, -0.2) is 78.0 Å². The Morgan fingerprint density at radius 1 is 0.919 bits per heavy atom. The Balaban J connectivity index is 2.29. The van der Waals surface area contributed by atoms with E-state index in [-0.39, 0.29) is 12.2 Å². The van der Waals surface area contributed by atoms with Crippen molar-refractivity contribution in [2.75, 3.05) is 13.7 Å². The monoisotopic (exact) mass is 526 g/mol. The van der Waals surface area contributed by atoms with Crippen LogP contribution in [0.4, 0.5) is 0 Å². The van der Waals surface area contributed by atoms with Crippen LogP contribution in [-0.2, 0) is 49.3 Å². The molecule has 1 heterocycles. The molecule has 0 unspecified atom stereocenters. The molecule has 1 fully saturated rings. The van der Waals surface area contributed by atoms with E-state index in [1.807, 2.05) is 0 Å². The molecule has 206 valence electrons. The fraction of sp³-hybridized carbons (Fsp3) is 0.600. The molecule has 0 amide bonds. The number of aryl methyl sites for hydroxylation is 1. The summed E-state index contributed by atoms with van der Waals surface area (Å²) in [6.07, 6.45) is -4.14. The minimum atomic E-state index is -2.17. The van der Waals surface area contributed by atoms with Gasteiger partial charge < -0.3 is 38.6 Å². The van der Waals surface area contributed by atoms with Crippen molar-refractivity contribution < 1.29 is 57.8 Å². The van der Waals surface area contributed by atoms with E-state index in [0.29, 0.717) is 25.0 Å². The number of phenols is 1. The highest BCUT2D eigenvalue weighted by molar-refractivity contribution is 5.68. The summed E-state index contributed by atoms with van der Waals surface area (Å²) in [4.78, 5) is 47.1. The van der Waals surface area contributed by atoms with Gasteiger partial charge in [0.2, 0.25) is 5.79 Å². The Kier molecular flexibility index (Phi) is 10.7. The van der Waals surface area contributed by atoms with Crippen LogP contribution in [0.2, 0.25) is 0 Å². The fourth-order valence-electron chi connectivity index (χ4n) is 4.14. The fourth-order valence-corrected chi connectivity index (χ4v) is 4.14. The first-order valence-electron chi connectivity index (χ1n) is 11.8. The summed E-state index contributed by atoms with van der Waals surface area (Å²) in [6.45, 7) is 4.08. The first-order chi connectivity index (χ1) is 17.4. The number of methoxy groups -OCH3 is 1. The number of hydrogen-bond acceptors (Lipinski definition) is 12. The molecule has 2 rings (SSSR count). The first kappa shape index (κ1) is 29.8. The number of ether oxygens (including phenoxy) is 6. The standard InChI is InChI=1S/C25H34O12/c1-14(26)33-13-21-22(34-15(2)27)23(35-16(3)28)24(36-17(4)29)25(31,37-21)11-7-6-8-18-9-10-19(30)20(12-18)32-5/h9-10,12,21-24,30-31H,6-8,11,13H2,1-5H3/t21-,22-,23+,24-,25-/m1/s1. The van der Waals surface area contributed by atoms with Gasteiger partial charge in [-0.05, 0) is 37.0 Å². The smallest absolute Gasteiger partial charge is 0.303 e. The van der Waals surface area contributed by atoms with Gasteiger partial charge in [0.25, 0.3) is 0 Å². The third-order valence-corrected chi connectivity index (χ3v) is 5.63. The van der Waals surface area contributed by atoms with Crippen LogP contribution in [0.5, 0.6) is 11.5 Å². The first-order valence-corrected chi connectivity index (χ1v) is 11.8. The number of aromatic hydroxyl groups is 1. The SMILES string of the molecule is COc1cc(CCCC[C@@]2(O)O[C@H](COC(C)=O)[C@@H](OC(C)=O)[C@H](OC(C)=O)[C@H]2OC(C)=O)ccc1O. The predicted molar refractivity (Wildman–Crippen MR) is 125 cm³/mol. The second kappa shape index (κ2) is 13.2. The molecule has 0 aliphatic carbocycles. The quantitative estimate of drug-likeness (QED) is 0.243. The van der Waals surface area contributed by atoms with Gasteiger partial charge in [-0.1, -0.05) is 6.07 Å². The Morgan fingerprint density at radius 2 is 1.54 bits per heavy atom. The van der Waals surface area contributed by atoms with Crippen molar-refractivity contribution >= 4 is 23.9 Å². The number of aliphatic hydroxyl groups is 1. The van der Waals surface area contributed by atoms with Crippen LogP contribution in [0.1, 0.15) is 52.5 Å². The molecular formula is C25H34O12. The van der Waals surface area contributed by atoms with E-state index in [0.717, 1.165) is 26.3 Å². The van der Waals surface area contributed by atoms with Crippen molar-refractivity contribution in [3.63, 3.8) is 0 Å². The molecule has 0 spiro atoms. The van der Waals surface area contributed by atoms with E-state index >= 15 is 0 Å². The summed E-state index contributed by atoms with van der Waals surface area (Å²) in [5.74, 6) is -4.80. The zero-order chi connectivity index (χ0) is 27.8. The molecule has 1 aliphatic heterocycles. The van der Waals surface area contributed by atoms with Gasteiger partial charge in [-0.15, -0.1) is 0 Å². The third kappa shape index (κ3) is 8.60. The minimum Gasteiger partial charge on any atom is -0.504 e. The molecule has 12 nitrogen and oxygen atoms in total. The van der Waals surface area contributed by atoms with Gasteiger partial charge in [0, 0.05) is 34.1 Å². The zero-order valence-corrected chi connectivity index (χ0v) is 21.6. The molecule has 2 N–H and O–H groups in total. The second-order valence-corrected chi connectivity index (χ2v) is 8.70. The van der Waals surface area contributed by atoms with Crippen molar-refractivity contribution in [1.82, 2.24) is 0 Å². The molecular weight excluding hydrogens is 492 g/mol. The highest BCUT2D eigenvalue weighted by atomic mass is 16.7. The third-order valence-electron chi connectivity index (χ3n) is 5.63. The van der Waals surface area contributed by atoms with Crippen molar-refractivity contribution in [3.05, 3.63) is 23.8 Å². The van der Waals surface area contributed by atoms with Gasteiger partial charge in [0.05, 0.1) is 7.11 Å². The van der Waals surface area contributed by atoms with Crippen LogP contribution in [0, 0.1) is 0 Å². The number of benzene rings is 1. The molecule has 12 heteroatoms. The summed E-state index contributed by atoms with van der Waals surface area (Å²) >= 11 is 0. The van der Waals surface area contributed by atoms with Crippen molar-refractivity contribution in [2.24, 2.45) is 0 Å². The van der Waals surface area contributed by atoms with Gasteiger partial charge >= 0.3 is 23.9 Å². The number of carbonyl (C=O) groups is 4.